The van der Waals surface area contributed by atoms with Crippen molar-refractivity contribution in [1.29, 1.82) is 0 Å². The minimum Gasteiger partial charge on any atom is -0.497 e. The molecule has 1 fully saturated rings. The standard InChI is InChI=1S/C28H26N6O4/c1-29-28-31-16-13-24(33-28)22-4-3-15-30-26(22)38-21-9-5-18(6-10-21)32-25(35)23-14-17-34(27(23)36)19-7-11-20(37-2)12-8-19/h3-13,15-16,23H,14,17H2,1-2H3,(H,32,35)(H,29,31,33). The third kappa shape index (κ3) is 5.24. The number of carbonyl (C=O) groups excluding carboxylic acids is 2. The highest BCUT2D eigenvalue weighted by Gasteiger charge is 2.37. The Bertz CT molecular complexity index is 1440. The summed E-state index contributed by atoms with van der Waals surface area (Å²) >= 11 is 0. The van der Waals surface area contributed by atoms with Crippen molar-refractivity contribution in [2.45, 2.75) is 6.42 Å². The van der Waals surface area contributed by atoms with Crippen LogP contribution in [0.4, 0.5) is 17.3 Å². The zero-order valence-corrected chi connectivity index (χ0v) is 20.9. The highest BCUT2D eigenvalue weighted by atomic mass is 16.5. The number of rotatable bonds is 8. The zero-order chi connectivity index (χ0) is 26.5. The highest BCUT2D eigenvalue weighted by Crippen LogP contribution is 2.32. The molecule has 0 radical (unpaired) electrons. The van der Waals surface area contributed by atoms with Gasteiger partial charge in [-0.25, -0.2) is 15.0 Å². The third-order valence-electron chi connectivity index (χ3n) is 6.17. The predicted molar refractivity (Wildman–Crippen MR) is 143 cm³/mol. The van der Waals surface area contributed by atoms with Crippen molar-refractivity contribution >= 4 is 29.1 Å². The van der Waals surface area contributed by atoms with Crippen molar-refractivity contribution in [2.75, 3.05) is 36.2 Å². The summed E-state index contributed by atoms with van der Waals surface area (Å²) in [5, 5.41) is 5.76. The maximum absolute atomic E-state index is 12.9. The Labute approximate surface area is 219 Å². The summed E-state index contributed by atoms with van der Waals surface area (Å²) in [7, 11) is 3.34. The summed E-state index contributed by atoms with van der Waals surface area (Å²) in [6.45, 7) is 0.477. The lowest BCUT2D eigenvalue weighted by atomic mass is 10.1. The predicted octanol–water partition coefficient (Wildman–Crippen LogP) is 4.37. The topological polar surface area (TPSA) is 119 Å². The van der Waals surface area contributed by atoms with Gasteiger partial charge in [0.2, 0.25) is 23.6 Å². The Balaban J connectivity index is 1.24. The molecule has 0 aliphatic carbocycles. The van der Waals surface area contributed by atoms with Crippen molar-refractivity contribution < 1.29 is 19.1 Å². The smallest absolute Gasteiger partial charge is 0.239 e. The van der Waals surface area contributed by atoms with Crippen molar-refractivity contribution in [1.82, 2.24) is 15.0 Å². The van der Waals surface area contributed by atoms with Crippen LogP contribution in [0.5, 0.6) is 17.4 Å². The molecule has 192 valence electrons. The average molecular weight is 511 g/mol. The molecule has 4 aromatic rings. The first-order valence-corrected chi connectivity index (χ1v) is 12.1. The molecule has 1 saturated heterocycles. The lowest BCUT2D eigenvalue weighted by molar-refractivity contribution is -0.129. The van der Waals surface area contributed by atoms with Gasteiger partial charge in [-0.3, -0.25) is 9.59 Å². The largest absolute Gasteiger partial charge is 0.497 e. The van der Waals surface area contributed by atoms with Gasteiger partial charge >= 0.3 is 0 Å². The maximum atomic E-state index is 12.9. The number of ether oxygens (including phenoxy) is 2. The third-order valence-corrected chi connectivity index (χ3v) is 6.17. The quantitative estimate of drug-likeness (QED) is 0.336. The molecule has 10 nitrogen and oxygen atoms in total. The van der Waals surface area contributed by atoms with E-state index in [1.165, 1.54) is 0 Å². The fraction of sp³-hybridized carbons (Fsp3) is 0.179. The second-order valence-corrected chi connectivity index (χ2v) is 8.52. The average Bonchev–Trinajstić information content (AvgIpc) is 3.35. The van der Waals surface area contributed by atoms with Crippen LogP contribution in [0.2, 0.25) is 0 Å². The Morgan fingerprint density at radius 3 is 2.47 bits per heavy atom. The van der Waals surface area contributed by atoms with Gasteiger partial charge < -0.3 is 25.0 Å². The summed E-state index contributed by atoms with van der Waals surface area (Å²) in [5.41, 5.74) is 2.69. The van der Waals surface area contributed by atoms with Crippen LogP contribution in [-0.4, -0.2) is 47.5 Å². The number of anilines is 3. The van der Waals surface area contributed by atoms with Gasteiger partial charge in [0.05, 0.1) is 18.4 Å². The molecule has 0 saturated carbocycles. The minimum atomic E-state index is -0.750. The second kappa shape index (κ2) is 11.0. The number of carbonyl (C=O) groups is 2. The highest BCUT2D eigenvalue weighted by molar-refractivity contribution is 6.13. The summed E-state index contributed by atoms with van der Waals surface area (Å²) in [4.78, 5) is 40.4. The minimum absolute atomic E-state index is 0.221. The molecule has 2 amide bonds. The van der Waals surface area contributed by atoms with E-state index in [2.05, 4.69) is 25.6 Å². The van der Waals surface area contributed by atoms with Crippen molar-refractivity contribution in [3.8, 4) is 28.6 Å². The SMILES string of the molecule is CNc1nccc(-c2cccnc2Oc2ccc(NC(=O)C3CCN(c4ccc(OC)cc4)C3=O)cc2)n1. The second-order valence-electron chi connectivity index (χ2n) is 8.52. The molecule has 2 aromatic carbocycles. The molecule has 1 aliphatic rings. The molecule has 3 heterocycles. The molecular weight excluding hydrogens is 484 g/mol. The van der Waals surface area contributed by atoms with Crippen LogP contribution in [0.25, 0.3) is 11.3 Å². The Kier molecular flexibility index (Phi) is 7.12. The van der Waals surface area contributed by atoms with Gasteiger partial charge in [-0.2, -0.15) is 0 Å². The number of pyridine rings is 1. The van der Waals surface area contributed by atoms with E-state index in [0.29, 0.717) is 53.2 Å². The van der Waals surface area contributed by atoms with Gasteiger partial charge in [0.25, 0.3) is 0 Å². The van der Waals surface area contributed by atoms with Crippen LogP contribution >= 0.6 is 0 Å². The van der Waals surface area contributed by atoms with Crippen LogP contribution in [0.15, 0.2) is 79.1 Å². The van der Waals surface area contributed by atoms with Gasteiger partial charge in [0.15, 0.2) is 0 Å². The number of methoxy groups -OCH3 is 1. The first kappa shape index (κ1) is 24.7. The van der Waals surface area contributed by atoms with E-state index < -0.39 is 5.92 Å². The van der Waals surface area contributed by atoms with E-state index in [9.17, 15) is 9.59 Å². The van der Waals surface area contributed by atoms with Gasteiger partial charge in [-0.05, 0) is 73.2 Å². The first-order valence-electron chi connectivity index (χ1n) is 12.1. The van der Waals surface area contributed by atoms with Crippen molar-refractivity contribution in [3.05, 3.63) is 79.1 Å². The van der Waals surface area contributed by atoms with Gasteiger partial charge in [0.1, 0.15) is 17.4 Å². The normalized spacial score (nSPS) is 14.7. The number of nitrogens with zero attached hydrogens (tertiary/aromatic N) is 4. The van der Waals surface area contributed by atoms with Gasteiger partial charge in [-0.1, -0.05) is 0 Å². The van der Waals surface area contributed by atoms with Gasteiger partial charge in [0, 0.05) is 37.4 Å². The summed E-state index contributed by atoms with van der Waals surface area (Å²) in [6, 6.07) is 19.6. The summed E-state index contributed by atoms with van der Waals surface area (Å²) in [5.74, 6) is 0.814. The van der Waals surface area contributed by atoms with E-state index in [4.69, 9.17) is 9.47 Å². The Morgan fingerprint density at radius 1 is 0.974 bits per heavy atom. The molecule has 10 heteroatoms. The van der Waals surface area contributed by atoms with E-state index >= 15 is 0 Å². The zero-order valence-electron chi connectivity index (χ0n) is 20.9. The molecule has 2 aromatic heterocycles. The molecule has 38 heavy (non-hydrogen) atoms. The molecular formula is C28H26N6O4. The molecule has 5 rings (SSSR count). The molecule has 2 N–H and O–H groups in total. The number of aromatic nitrogens is 3. The lowest BCUT2D eigenvalue weighted by Gasteiger charge is -2.17. The number of nitrogens with one attached hydrogen (secondary N) is 2. The van der Waals surface area contributed by atoms with Crippen LogP contribution < -0.4 is 25.0 Å². The number of hydrogen-bond acceptors (Lipinski definition) is 8. The van der Waals surface area contributed by atoms with Crippen molar-refractivity contribution in [2.24, 2.45) is 5.92 Å². The molecule has 1 unspecified atom stereocenters. The van der Waals surface area contributed by atoms with E-state index in [1.54, 1.807) is 73.9 Å². The number of amides is 2. The van der Waals surface area contributed by atoms with E-state index in [1.807, 2.05) is 24.3 Å². The van der Waals surface area contributed by atoms with Crippen LogP contribution in [0, 0.1) is 5.92 Å². The van der Waals surface area contributed by atoms with E-state index in [0.717, 1.165) is 5.69 Å². The summed E-state index contributed by atoms with van der Waals surface area (Å²) in [6.07, 6.45) is 3.74. The Hall–Kier alpha value is -4.99. The fourth-order valence-electron chi connectivity index (χ4n) is 4.19. The Morgan fingerprint density at radius 2 is 1.74 bits per heavy atom. The molecule has 1 atom stereocenters. The lowest BCUT2D eigenvalue weighted by Crippen LogP contribution is -2.33. The molecule has 1 aliphatic heterocycles. The van der Waals surface area contributed by atoms with Crippen LogP contribution in [0.1, 0.15) is 6.42 Å². The fourth-order valence-corrected chi connectivity index (χ4v) is 4.19. The van der Waals surface area contributed by atoms with Crippen LogP contribution in [0.3, 0.4) is 0 Å². The van der Waals surface area contributed by atoms with Gasteiger partial charge in [-0.15, -0.1) is 0 Å². The maximum Gasteiger partial charge on any atom is 0.239 e. The number of benzene rings is 2. The molecule has 0 bridgehead atoms. The molecule has 0 spiro atoms. The monoisotopic (exact) mass is 510 g/mol. The number of hydrogen-bond donors (Lipinski definition) is 2. The van der Waals surface area contributed by atoms with Crippen molar-refractivity contribution in [3.63, 3.8) is 0 Å². The van der Waals surface area contributed by atoms with Crippen LogP contribution in [-0.2, 0) is 9.59 Å². The summed E-state index contributed by atoms with van der Waals surface area (Å²) < 4.78 is 11.2. The van der Waals surface area contributed by atoms with E-state index in [-0.39, 0.29) is 11.8 Å². The first-order chi connectivity index (χ1) is 18.6.